The number of nitrogens with zero attached hydrogens (tertiary/aromatic N) is 2. The van der Waals surface area contributed by atoms with Crippen LogP contribution in [-0.2, 0) is 10.0 Å². The molecule has 2 rings (SSSR count). The van der Waals surface area contributed by atoms with Gasteiger partial charge in [-0.3, -0.25) is 4.72 Å². The van der Waals surface area contributed by atoms with Crippen molar-refractivity contribution in [1.82, 2.24) is 15.0 Å². The molecule has 114 valence electrons. The van der Waals surface area contributed by atoms with Crippen LogP contribution in [0.4, 0.5) is 5.69 Å². The predicted molar refractivity (Wildman–Crippen MR) is 81.6 cm³/mol. The van der Waals surface area contributed by atoms with Gasteiger partial charge in [0.15, 0.2) is 0 Å². The van der Waals surface area contributed by atoms with Gasteiger partial charge in [0, 0.05) is 6.20 Å². The number of ether oxygens (including phenoxy) is 1. The van der Waals surface area contributed by atoms with Crippen LogP contribution in [0.1, 0.15) is 20.8 Å². The lowest BCUT2D eigenvalue weighted by atomic mass is 10.2. The molecule has 2 N–H and O–H groups in total. The van der Waals surface area contributed by atoms with E-state index in [4.69, 9.17) is 4.74 Å². The van der Waals surface area contributed by atoms with Crippen molar-refractivity contribution in [3.05, 3.63) is 24.0 Å². The number of rotatable bonds is 6. The lowest BCUT2D eigenvalue weighted by molar-refractivity contribution is 0.264. The molecule has 0 aliphatic carbocycles. The quantitative estimate of drug-likeness (QED) is 0.853. The summed E-state index contributed by atoms with van der Waals surface area (Å²) in [5.74, 6) is 0.666. The van der Waals surface area contributed by atoms with Crippen LogP contribution in [-0.4, -0.2) is 30.0 Å². The van der Waals surface area contributed by atoms with Gasteiger partial charge in [0.25, 0.3) is 10.0 Å². The molecule has 0 saturated heterocycles. The highest BCUT2D eigenvalue weighted by Gasteiger charge is 2.18. The molecule has 8 heteroatoms. The second kappa shape index (κ2) is 5.72. The van der Waals surface area contributed by atoms with E-state index in [1.54, 1.807) is 0 Å². The van der Waals surface area contributed by atoms with Crippen LogP contribution in [0, 0.1) is 5.92 Å². The molecule has 0 unspecified atom stereocenters. The van der Waals surface area contributed by atoms with E-state index in [1.807, 2.05) is 13.8 Å². The Kier molecular flexibility index (Phi) is 4.17. The second-order valence-electron chi connectivity index (χ2n) is 5.12. The zero-order valence-corrected chi connectivity index (χ0v) is 13.0. The number of hydrogen-bond donors (Lipinski definition) is 2. The smallest absolute Gasteiger partial charge is 0.257 e. The van der Waals surface area contributed by atoms with E-state index in [-0.39, 0.29) is 4.91 Å². The summed E-state index contributed by atoms with van der Waals surface area (Å²) in [6.07, 6.45) is 2.88. The van der Waals surface area contributed by atoms with Gasteiger partial charge < -0.3 is 9.72 Å². The first-order valence-corrected chi connectivity index (χ1v) is 7.93. The fourth-order valence-electron chi connectivity index (χ4n) is 1.60. The van der Waals surface area contributed by atoms with E-state index in [9.17, 15) is 8.42 Å². The van der Waals surface area contributed by atoms with Crippen molar-refractivity contribution in [2.24, 2.45) is 5.92 Å². The average Bonchev–Trinajstić information content (AvgIpc) is 2.79. The van der Waals surface area contributed by atoms with Crippen molar-refractivity contribution in [2.45, 2.75) is 20.8 Å². The van der Waals surface area contributed by atoms with Crippen molar-refractivity contribution < 1.29 is 13.2 Å². The number of nitrogens with one attached hydrogen (secondary N) is 2. The van der Waals surface area contributed by atoms with E-state index in [0.717, 1.165) is 0 Å². The molecule has 7 nitrogen and oxygen atoms in total. The Morgan fingerprint density at radius 2 is 2.19 bits per heavy atom. The van der Waals surface area contributed by atoms with Crippen LogP contribution in [0.2, 0.25) is 0 Å². The highest BCUT2D eigenvalue weighted by Crippen LogP contribution is 2.30. The summed E-state index contributed by atoms with van der Waals surface area (Å²) < 4.78 is 31.9. The van der Waals surface area contributed by atoms with E-state index in [1.165, 1.54) is 19.4 Å². The molecule has 0 aliphatic heterocycles. The van der Waals surface area contributed by atoms with Gasteiger partial charge in [-0.15, -0.1) is 0 Å². The summed E-state index contributed by atoms with van der Waals surface area (Å²) in [7, 11) is -3.64. The summed E-state index contributed by atoms with van der Waals surface area (Å²) in [4.78, 5) is 11.1. The van der Waals surface area contributed by atoms with Crippen LogP contribution in [0.5, 0.6) is 5.88 Å². The Balaban J connectivity index is 2.43. The summed E-state index contributed by atoms with van der Waals surface area (Å²) in [5.41, 5.74) is 0.843. The molecular weight excluding hydrogens is 292 g/mol. The number of aromatic amines is 1. The fourth-order valence-corrected chi connectivity index (χ4v) is 2.23. The lowest BCUT2D eigenvalue weighted by Gasteiger charge is -2.10. The first-order valence-electron chi connectivity index (χ1n) is 6.44. The molecule has 2 heterocycles. The monoisotopic (exact) mass is 310 g/mol. The highest BCUT2D eigenvalue weighted by molar-refractivity contribution is 7.96. The molecule has 0 spiro atoms. The maximum atomic E-state index is 11.9. The molecule has 0 saturated carbocycles. The first-order chi connectivity index (χ1) is 9.81. The average molecular weight is 310 g/mol. The van der Waals surface area contributed by atoms with Gasteiger partial charge in [-0.2, -0.15) is 0 Å². The Morgan fingerprint density at radius 3 is 2.81 bits per heavy atom. The van der Waals surface area contributed by atoms with Gasteiger partial charge >= 0.3 is 0 Å². The third-order valence-electron chi connectivity index (χ3n) is 2.69. The molecule has 0 aromatic carbocycles. The predicted octanol–water partition coefficient (Wildman–Crippen LogP) is 2.27. The summed E-state index contributed by atoms with van der Waals surface area (Å²) in [5, 5.41) is 0.503. The molecule has 0 aliphatic rings. The maximum absolute atomic E-state index is 11.9. The topological polar surface area (TPSA) is 97.0 Å². The number of fused-ring (bicyclic) bond motifs is 1. The molecule has 0 atom stereocenters. The SMILES string of the molecule is C=C(C)S(=O)(=O)Nc1c[nH]c2ncnc(OCC(C)C)c12. The van der Waals surface area contributed by atoms with Crippen molar-refractivity contribution in [2.75, 3.05) is 11.3 Å². The Morgan fingerprint density at radius 1 is 1.48 bits per heavy atom. The molecule has 2 aromatic heterocycles. The second-order valence-corrected chi connectivity index (χ2v) is 7.03. The van der Waals surface area contributed by atoms with Gasteiger partial charge in [-0.05, 0) is 12.8 Å². The van der Waals surface area contributed by atoms with Crippen molar-refractivity contribution in [3.63, 3.8) is 0 Å². The third kappa shape index (κ3) is 3.33. The number of sulfonamides is 1. The fraction of sp³-hybridized carbons (Fsp3) is 0.385. The van der Waals surface area contributed by atoms with Crippen molar-refractivity contribution in [1.29, 1.82) is 0 Å². The Hall–Kier alpha value is -2.09. The lowest BCUT2D eigenvalue weighted by Crippen LogP contribution is -2.13. The molecular formula is C13H18N4O3S. The van der Waals surface area contributed by atoms with E-state index >= 15 is 0 Å². The van der Waals surface area contributed by atoms with E-state index in [0.29, 0.717) is 35.1 Å². The Bertz CT molecular complexity index is 765. The van der Waals surface area contributed by atoms with Crippen LogP contribution < -0.4 is 9.46 Å². The minimum absolute atomic E-state index is 0.0262. The molecule has 0 fully saturated rings. The van der Waals surface area contributed by atoms with Crippen molar-refractivity contribution in [3.8, 4) is 5.88 Å². The minimum Gasteiger partial charge on any atom is -0.477 e. The summed E-state index contributed by atoms with van der Waals surface area (Å²) >= 11 is 0. The molecule has 2 aromatic rings. The largest absolute Gasteiger partial charge is 0.477 e. The summed E-state index contributed by atoms with van der Waals surface area (Å²) in [6.45, 7) is 9.37. The van der Waals surface area contributed by atoms with Gasteiger partial charge in [-0.25, -0.2) is 18.4 Å². The number of anilines is 1. The molecule has 0 amide bonds. The molecule has 21 heavy (non-hydrogen) atoms. The van der Waals surface area contributed by atoms with Gasteiger partial charge in [0.05, 0.1) is 17.2 Å². The van der Waals surface area contributed by atoms with Gasteiger partial charge in [0.1, 0.15) is 17.4 Å². The van der Waals surface area contributed by atoms with E-state index in [2.05, 4.69) is 26.3 Å². The maximum Gasteiger partial charge on any atom is 0.257 e. The standard InChI is InChI=1S/C13H18N4O3S/c1-8(2)6-20-13-11-10(17-21(18,19)9(3)4)5-14-12(11)15-7-16-13/h5,7-8,17H,3,6H2,1-2,4H3,(H,14,15,16). The third-order valence-corrected chi connectivity index (χ3v) is 4.10. The minimum atomic E-state index is -3.64. The van der Waals surface area contributed by atoms with Gasteiger partial charge in [-0.1, -0.05) is 20.4 Å². The van der Waals surface area contributed by atoms with Crippen LogP contribution >= 0.6 is 0 Å². The van der Waals surface area contributed by atoms with Crippen LogP contribution in [0.3, 0.4) is 0 Å². The summed E-state index contributed by atoms with van der Waals surface area (Å²) in [6, 6.07) is 0. The number of aromatic nitrogens is 3. The van der Waals surface area contributed by atoms with Crippen molar-refractivity contribution >= 4 is 26.7 Å². The number of H-pyrrole nitrogens is 1. The zero-order chi connectivity index (χ0) is 15.6. The Labute approximate surface area is 123 Å². The van der Waals surface area contributed by atoms with Gasteiger partial charge in [0.2, 0.25) is 5.88 Å². The van der Waals surface area contributed by atoms with Crippen LogP contribution in [0.25, 0.3) is 11.0 Å². The zero-order valence-electron chi connectivity index (χ0n) is 12.2. The number of allylic oxidation sites excluding steroid dienone is 1. The molecule has 0 radical (unpaired) electrons. The van der Waals surface area contributed by atoms with Crippen LogP contribution in [0.15, 0.2) is 24.0 Å². The normalized spacial score (nSPS) is 11.8. The number of hydrogen-bond acceptors (Lipinski definition) is 5. The molecule has 0 bridgehead atoms. The first kappa shape index (κ1) is 15.3. The van der Waals surface area contributed by atoms with E-state index < -0.39 is 10.0 Å². The highest BCUT2D eigenvalue weighted by atomic mass is 32.2.